The van der Waals surface area contributed by atoms with Gasteiger partial charge in [0.25, 0.3) is 0 Å². The number of methoxy groups -OCH3 is 1. The highest BCUT2D eigenvalue weighted by molar-refractivity contribution is 9.10. The van der Waals surface area contributed by atoms with Crippen LogP contribution in [0, 0.1) is 0 Å². The van der Waals surface area contributed by atoms with Gasteiger partial charge in [-0.15, -0.1) is 0 Å². The second-order valence-electron chi connectivity index (χ2n) is 10.1. The fourth-order valence-electron chi connectivity index (χ4n) is 5.41. The van der Waals surface area contributed by atoms with Crippen molar-refractivity contribution in [1.82, 2.24) is 9.88 Å². The molecule has 0 spiro atoms. The molecule has 0 radical (unpaired) electrons. The molecule has 39 heavy (non-hydrogen) atoms. The van der Waals surface area contributed by atoms with Crippen LogP contribution in [0.2, 0.25) is 0 Å². The van der Waals surface area contributed by atoms with E-state index >= 15 is 0 Å². The summed E-state index contributed by atoms with van der Waals surface area (Å²) in [5, 5.41) is 15.2. The summed E-state index contributed by atoms with van der Waals surface area (Å²) >= 11 is 3.51. The highest BCUT2D eigenvalue weighted by Gasteiger charge is 2.43. The van der Waals surface area contributed by atoms with Crippen LogP contribution < -0.4 is 4.74 Å². The van der Waals surface area contributed by atoms with Crippen LogP contribution in [0.3, 0.4) is 0 Å². The summed E-state index contributed by atoms with van der Waals surface area (Å²) in [5.74, 6) is 0.0821. The summed E-state index contributed by atoms with van der Waals surface area (Å²) in [6.45, 7) is 0.704. The largest absolute Gasteiger partial charge is 0.481 e. The lowest BCUT2D eigenvalue weighted by Gasteiger charge is -2.39. The maximum atomic E-state index is 13.0. The maximum Gasteiger partial charge on any atom is 0.217 e. The standard InChI is InChI=1S/C34H33BrN2O2/c1-37(2)23-22-34(38,30-15-9-13-24-10-7-8-14-28(24)30)32(26-11-5-4-6-12-26)29-20-21-31(36-33(29)39-3)25-16-18-27(35)19-17-25/h4-21,32,38H,22-23H2,1-3H3/t32-,34-/m1/s1. The van der Waals surface area contributed by atoms with Gasteiger partial charge in [0.1, 0.15) is 5.60 Å². The molecule has 0 bridgehead atoms. The quantitative estimate of drug-likeness (QED) is 0.194. The number of benzene rings is 4. The molecule has 5 rings (SSSR count). The van der Waals surface area contributed by atoms with E-state index < -0.39 is 11.5 Å². The molecule has 1 aromatic heterocycles. The molecule has 0 unspecified atom stereocenters. The third-order valence-corrected chi connectivity index (χ3v) is 7.87. The summed E-state index contributed by atoms with van der Waals surface area (Å²) in [6.07, 6.45) is 0.519. The topological polar surface area (TPSA) is 45.6 Å². The lowest BCUT2D eigenvalue weighted by atomic mass is 9.70. The number of nitrogens with zero attached hydrogens (tertiary/aromatic N) is 2. The molecule has 5 aromatic rings. The Bertz CT molecular complexity index is 1550. The van der Waals surface area contributed by atoms with Crippen molar-refractivity contribution >= 4 is 26.7 Å². The van der Waals surface area contributed by atoms with Crippen LogP contribution in [0.5, 0.6) is 5.88 Å². The average Bonchev–Trinajstić information content (AvgIpc) is 2.97. The Morgan fingerprint density at radius 2 is 1.54 bits per heavy atom. The SMILES string of the molecule is COc1nc(-c2ccc(Br)cc2)ccc1[C@@H](c1ccccc1)[C@@](O)(CCN(C)C)c1cccc2ccccc12. The third-order valence-electron chi connectivity index (χ3n) is 7.34. The van der Waals surface area contributed by atoms with E-state index in [1.165, 1.54) is 0 Å². The Kier molecular flexibility index (Phi) is 8.12. The van der Waals surface area contributed by atoms with Crippen LogP contribution in [-0.4, -0.2) is 42.7 Å². The normalized spacial score (nSPS) is 13.8. The van der Waals surface area contributed by atoms with Gasteiger partial charge in [0.05, 0.1) is 12.8 Å². The predicted octanol–water partition coefficient (Wildman–Crippen LogP) is 7.64. The number of pyridine rings is 1. The Labute approximate surface area is 239 Å². The number of aromatic nitrogens is 1. The molecule has 4 aromatic carbocycles. The highest BCUT2D eigenvalue weighted by Crippen LogP contribution is 2.48. The number of hydrogen-bond donors (Lipinski definition) is 1. The van der Waals surface area contributed by atoms with E-state index in [1.807, 2.05) is 80.8 Å². The Balaban J connectivity index is 1.75. The number of rotatable bonds is 9. The lowest BCUT2D eigenvalue weighted by Crippen LogP contribution is -2.38. The molecule has 1 heterocycles. The predicted molar refractivity (Wildman–Crippen MR) is 163 cm³/mol. The Morgan fingerprint density at radius 1 is 0.846 bits per heavy atom. The molecular weight excluding hydrogens is 548 g/mol. The summed E-state index contributed by atoms with van der Waals surface area (Å²) in [6, 6.07) is 36.8. The molecule has 4 nitrogen and oxygen atoms in total. The highest BCUT2D eigenvalue weighted by atomic mass is 79.9. The molecule has 0 aliphatic rings. The van der Waals surface area contributed by atoms with Gasteiger partial charge in [-0.25, -0.2) is 4.98 Å². The van der Waals surface area contributed by atoms with E-state index in [9.17, 15) is 5.11 Å². The molecule has 0 amide bonds. The van der Waals surface area contributed by atoms with E-state index in [1.54, 1.807) is 7.11 Å². The summed E-state index contributed by atoms with van der Waals surface area (Å²) in [5.41, 5.74) is 3.31. The Hall–Kier alpha value is -3.51. The first-order chi connectivity index (χ1) is 18.9. The van der Waals surface area contributed by atoms with Crippen molar-refractivity contribution < 1.29 is 9.84 Å². The van der Waals surface area contributed by atoms with E-state index in [2.05, 4.69) is 63.3 Å². The van der Waals surface area contributed by atoms with E-state index in [4.69, 9.17) is 9.72 Å². The lowest BCUT2D eigenvalue weighted by molar-refractivity contribution is 0.00516. The molecule has 0 fully saturated rings. The fourth-order valence-corrected chi connectivity index (χ4v) is 5.67. The smallest absolute Gasteiger partial charge is 0.217 e. The zero-order valence-corrected chi connectivity index (χ0v) is 24.1. The summed E-state index contributed by atoms with van der Waals surface area (Å²) < 4.78 is 6.95. The van der Waals surface area contributed by atoms with Gasteiger partial charge in [-0.3, -0.25) is 0 Å². The van der Waals surface area contributed by atoms with E-state index in [0.717, 1.165) is 43.2 Å². The van der Waals surface area contributed by atoms with Crippen LogP contribution in [0.4, 0.5) is 0 Å². The average molecular weight is 582 g/mol. The van der Waals surface area contributed by atoms with Crippen molar-refractivity contribution in [2.24, 2.45) is 0 Å². The van der Waals surface area contributed by atoms with Crippen LogP contribution in [-0.2, 0) is 5.60 Å². The van der Waals surface area contributed by atoms with Gasteiger partial charge < -0.3 is 14.7 Å². The molecule has 1 N–H and O–H groups in total. The minimum Gasteiger partial charge on any atom is -0.481 e. The molecule has 0 saturated heterocycles. The number of fused-ring (bicyclic) bond motifs is 1. The van der Waals surface area contributed by atoms with Gasteiger partial charge >= 0.3 is 0 Å². The number of aliphatic hydroxyl groups is 1. The first-order valence-corrected chi connectivity index (χ1v) is 13.9. The van der Waals surface area contributed by atoms with Gasteiger partial charge in [-0.05, 0) is 60.6 Å². The van der Waals surface area contributed by atoms with Crippen molar-refractivity contribution in [1.29, 1.82) is 0 Å². The first-order valence-electron chi connectivity index (χ1n) is 13.1. The Morgan fingerprint density at radius 3 is 2.26 bits per heavy atom. The molecule has 198 valence electrons. The van der Waals surface area contributed by atoms with Gasteiger partial charge in [0.15, 0.2) is 0 Å². The second kappa shape index (κ2) is 11.7. The zero-order chi connectivity index (χ0) is 27.4. The van der Waals surface area contributed by atoms with Crippen LogP contribution in [0.1, 0.15) is 29.0 Å². The molecule has 0 aliphatic heterocycles. The number of hydrogen-bond acceptors (Lipinski definition) is 4. The van der Waals surface area contributed by atoms with Gasteiger partial charge in [0, 0.05) is 28.1 Å². The van der Waals surface area contributed by atoms with Crippen LogP contribution in [0.15, 0.2) is 114 Å². The van der Waals surface area contributed by atoms with Crippen molar-refractivity contribution in [2.75, 3.05) is 27.7 Å². The third kappa shape index (κ3) is 5.62. The second-order valence-corrected chi connectivity index (χ2v) is 11.1. The number of ether oxygens (including phenoxy) is 1. The fraction of sp³-hybridized carbons (Fsp3) is 0.206. The van der Waals surface area contributed by atoms with E-state index in [0.29, 0.717) is 18.8 Å². The molecule has 2 atom stereocenters. The van der Waals surface area contributed by atoms with Gasteiger partial charge in [-0.1, -0.05) is 107 Å². The molecular formula is C34H33BrN2O2. The van der Waals surface area contributed by atoms with E-state index in [-0.39, 0.29) is 0 Å². The maximum absolute atomic E-state index is 13.0. The van der Waals surface area contributed by atoms with Crippen molar-refractivity contribution in [3.05, 3.63) is 130 Å². The van der Waals surface area contributed by atoms with Crippen LogP contribution in [0.25, 0.3) is 22.0 Å². The minimum atomic E-state index is -1.25. The van der Waals surface area contributed by atoms with Gasteiger partial charge in [-0.2, -0.15) is 0 Å². The zero-order valence-electron chi connectivity index (χ0n) is 22.5. The summed E-state index contributed by atoms with van der Waals surface area (Å²) in [7, 11) is 5.72. The number of halogens is 1. The van der Waals surface area contributed by atoms with Crippen molar-refractivity contribution in [3.63, 3.8) is 0 Å². The van der Waals surface area contributed by atoms with Crippen molar-refractivity contribution in [3.8, 4) is 17.1 Å². The monoisotopic (exact) mass is 580 g/mol. The molecule has 0 aliphatic carbocycles. The van der Waals surface area contributed by atoms with Crippen LogP contribution >= 0.6 is 15.9 Å². The van der Waals surface area contributed by atoms with Gasteiger partial charge in [0.2, 0.25) is 5.88 Å². The molecule has 0 saturated carbocycles. The minimum absolute atomic E-state index is 0.425. The summed E-state index contributed by atoms with van der Waals surface area (Å²) in [4.78, 5) is 7.06. The molecule has 5 heteroatoms. The first kappa shape index (κ1) is 27.1. The van der Waals surface area contributed by atoms with Crippen molar-refractivity contribution in [2.45, 2.75) is 17.9 Å².